The molecule has 0 aromatic heterocycles. The van der Waals surface area contributed by atoms with Crippen molar-refractivity contribution in [2.75, 3.05) is 18.4 Å². The van der Waals surface area contributed by atoms with Gasteiger partial charge >= 0.3 is 6.03 Å². The third kappa shape index (κ3) is 5.13. The third-order valence-corrected chi connectivity index (χ3v) is 6.74. The molecule has 2 aliphatic rings. The average Bonchev–Trinajstić information content (AvgIpc) is 3.07. The van der Waals surface area contributed by atoms with Crippen LogP contribution in [0.4, 0.5) is 19.3 Å². The van der Waals surface area contributed by atoms with Gasteiger partial charge in [-0.1, -0.05) is 32.0 Å². The van der Waals surface area contributed by atoms with E-state index in [1.54, 1.807) is 17.0 Å². The third-order valence-electron chi connectivity index (χ3n) is 6.74. The Labute approximate surface area is 203 Å². The molecule has 1 spiro atoms. The maximum atomic E-state index is 14.0. The summed E-state index contributed by atoms with van der Waals surface area (Å²) in [6, 6.07) is 11.5. The molecule has 2 aromatic rings. The van der Waals surface area contributed by atoms with Crippen molar-refractivity contribution in [3.05, 3.63) is 65.2 Å². The number of anilines is 1. The summed E-state index contributed by atoms with van der Waals surface area (Å²) in [4.78, 5) is 29.6. The summed E-state index contributed by atoms with van der Waals surface area (Å²) in [5.41, 5.74) is 0.435. The van der Waals surface area contributed by atoms with Crippen molar-refractivity contribution >= 4 is 17.6 Å². The summed E-state index contributed by atoms with van der Waals surface area (Å²) in [5.74, 6) is -1.05. The Kier molecular flexibility index (Phi) is 7.03. The Morgan fingerprint density at radius 1 is 1.23 bits per heavy atom. The largest absolute Gasteiger partial charge is 0.324 e. The number of hydrogen-bond donors (Lipinski definition) is 2. The molecule has 0 saturated carbocycles. The number of amides is 3. The van der Waals surface area contributed by atoms with Crippen molar-refractivity contribution in [2.24, 2.45) is 5.92 Å². The molecule has 0 radical (unpaired) electrons. The van der Waals surface area contributed by atoms with Crippen molar-refractivity contribution in [1.82, 2.24) is 15.1 Å². The van der Waals surface area contributed by atoms with Crippen molar-refractivity contribution in [2.45, 2.75) is 51.4 Å². The first-order chi connectivity index (χ1) is 16.7. The molecule has 9 heteroatoms. The van der Waals surface area contributed by atoms with Crippen LogP contribution in [0.5, 0.6) is 0 Å². The Hall–Kier alpha value is -3.51. The monoisotopic (exact) mass is 481 g/mol. The fourth-order valence-corrected chi connectivity index (χ4v) is 4.94. The smallest absolute Gasteiger partial charge is 0.321 e. The molecule has 2 N–H and O–H groups in total. The second-order valence-corrected chi connectivity index (χ2v) is 9.59. The highest BCUT2D eigenvalue weighted by Gasteiger charge is 2.51. The first-order valence-corrected chi connectivity index (χ1v) is 11.8. The molecular formula is C26H29F2N5O2. The zero-order valence-electron chi connectivity index (χ0n) is 19.9. The standard InChI is InChI=1S/C26H29F2N5O2/c1-17(2)13-23-24(34)33(16-19-6-4-3-5-18(19)15-29)26(31-23)9-11-32(12-10-26)25(35)30-22-14-20(27)7-8-21(22)28/h3-8,14,17,23,31H,9-13,16H2,1-2H3,(H,30,35). The van der Waals surface area contributed by atoms with E-state index in [9.17, 15) is 23.6 Å². The maximum absolute atomic E-state index is 14.0. The van der Waals surface area contributed by atoms with Crippen LogP contribution < -0.4 is 10.6 Å². The summed E-state index contributed by atoms with van der Waals surface area (Å²) < 4.78 is 27.5. The molecule has 0 aliphatic carbocycles. The number of nitrogens with zero attached hydrogens (tertiary/aromatic N) is 3. The van der Waals surface area contributed by atoms with Crippen LogP contribution in [-0.4, -0.2) is 46.5 Å². The van der Waals surface area contributed by atoms with Gasteiger partial charge in [0.1, 0.15) is 11.6 Å². The quantitative estimate of drug-likeness (QED) is 0.670. The second-order valence-electron chi connectivity index (χ2n) is 9.59. The number of nitriles is 1. The van der Waals surface area contributed by atoms with Gasteiger partial charge in [0, 0.05) is 38.5 Å². The van der Waals surface area contributed by atoms with Crippen LogP contribution in [0.3, 0.4) is 0 Å². The molecule has 2 aliphatic heterocycles. The highest BCUT2D eigenvalue weighted by molar-refractivity contribution is 5.90. The van der Waals surface area contributed by atoms with Crippen LogP contribution in [0.25, 0.3) is 0 Å². The highest BCUT2D eigenvalue weighted by atomic mass is 19.1. The number of hydrogen-bond acceptors (Lipinski definition) is 4. The lowest BCUT2D eigenvalue weighted by atomic mass is 9.95. The number of likely N-dealkylation sites (tertiary alicyclic amines) is 1. The van der Waals surface area contributed by atoms with E-state index in [-0.39, 0.29) is 17.6 Å². The van der Waals surface area contributed by atoms with E-state index in [4.69, 9.17) is 0 Å². The van der Waals surface area contributed by atoms with Gasteiger partial charge in [-0.2, -0.15) is 5.26 Å². The predicted molar refractivity (Wildman–Crippen MR) is 127 cm³/mol. The van der Waals surface area contributed by atoms with Gasteiger partial charge in [-0.25, -0.2) is 13.6 Å². The number of halogens is 2. The summed E-state index contributed by atoms with van der Waals surface area (Å²) in [5, 5.41) is 15.5. The summed E-state index contributed by atoms with van der Waals surface area (Å²) in [6.07, 6.45) is 1.63. The molecule has 3 amide bonds. The molecule has 2 fully saturated rings. The van der Waals surface area contributed by atoms with Gasteiger partial charge in [-0.05, 0) is 36.1 Å². The SMILES string of the molecule is CC(C)CC1NC2(CCN(C(=O)Nc3cc(F)ccc3F)CC2)N(Cc2ccccc2C#N)C1=O. The number of benzene rings is 2. The summed E-state index contributed by atoms with van der Waals surface area (Å²) >= 11 is 0. The van der Waals surface area contributed by atoms with Gasteiger partial charge in [-0.15, -0.1) is 0 Å². The fraction of sp³-hybridized carbons (Fsp3) is 0.423. The van der Waals surface area contributed by atoms with Gasteiger partial charge in [0.15, 0.2) is 0 Å². The minimum atomic E-state index is -0.713. The topological polar surface area (TPSA) is 88.5 Å². The molecule has 184 valence electrons. The Balaban J connectivity index is 1.52. The van der Waals surface area contributed by atoms with E-state index in [0.717, 1.165) is 23.8 Å². The lowest BCUT2D eigenvalue weighted by molar-refractivity contribution is -0.134. The number of carbonyl (C=O) groups excluding carboxylic acids is 2. The molecule has 35 heavy (non-hydrogen) atoms. The van der Waals surface area contributed by atoms with E-state index in [2.05, 4.69) is 30.6 Å². The van der Waals surface area contributed by atoms with Crippen molar-refractivity contribution < 1.29 is 18.4 Å². The van der Waals surface area contributed by atoms with Gasteiger partial charge in [0.25, 0.3) is 0 Å². The van der Waals surface area contributed by atoms with Crippen LogP contribution in [0, 0.1) is 28.9 Å². The number of carbonyl (C=O) groups is 2. The number of urea groups is 1. The minimum absolute atomic E-state index is 0.00817. The van der Waals surface area contributed by atoms with Gasteiger partial charge in [0.2, 0.25) is 5.91 Å². The molecule has 7 nitrogen and oxygen atoms in total. The Bertz CT molecular complexity index is 1150. The molecule has 2 aromatic carbocycles. The van der Waals surface area contributed by atoms with Crippen LogP contribution in [0.2, 0.25) is 0 Å². The average molecular weight is 482 g/mol. The Morgan fingerprint density at radius 2 is 1.94 bits per heavy atom. The molecule has 0 bridgehead atoms. The van der Waals surface area contributed by atoms with Crippen LogP contribution in [0.15, 0.2) is 42.5 Å². The zero-order valence-corrected chi connectivity index (χ0v) is 19.9. The van der Waals surface area contributed by atoms with E-state index < -0.39 is 23.3 Å². The van der Waals surface area contributed by atoms with E-state index in [1.165, 1.54) is 0 Å². The van der Waals surface area contributed by atoms with Crippen LogP contribution in [-0.2, 0) is 11.3 Å². The fourth-order valence-electron chi connectivity index (χ4n) is 4.94. The molecule has 1 atom stereocenters. The van der Waals surface area contributed by atoms with Crippen LogP contribution in [0.1, 0.15) is 44.2 Å². The lowest BCUT2D eigenvalue weighted by Crippen LogP contribution is -2.59. The van der Waals surface area contributed by atoms with E-state index in [0.29, 0.717) is 50.4 Å². The lowest BCUT2D eigenvalue weighted by Gasteiger charge is -2.44. The van der Waals surface area contributed by atoms with E-state index >= 15 is 0 Å². The first kappa shape index (κ1) is 24.6. The van der Waals surface area contributed by atoms with Crippen LogP contribution >= 0.6 is 0 Å². The zero-order chi connectivity index (χ0) is 25.2. The molecule has 2 heterocycles. The van der Waals surface area contributed by atoms with Crippen molar-refractivity contribution in [1.29, 1.82) is 5.26 Å². The maximum Gasteiger partial charge on any atom is 0.321 e. The number of nitrogens with one attached hydrogen (secondary N) is 2. The summed E-state index contributed by atoms with van der Waals surface area (Å²) in [7, 11) is 0. The van der Waals surface area contributed by atoms with Crippen molar-refractivity contribution in [3.63, 3.8) is 0 Å². The first-order valence-electron chi connectivity index (χ1n) is 11.8. The van der Waals surface area contributed by atoms with Gasteiger partial charge in [-0.3, -0.25) is 10.1 Å². The second kappa shape index (κ2) is 10.0. The number of piperidine rings is 1. The normalized spacial score (nSPS) is 19.3. The molecule has 1 unspecified atom stereocenters. The Morgan fingerprint density at radius 3 is 2.63 bits per heavy atom. The highest BCUT2D eigenvalue weighted by Crippen LogP contribution is 2.36. The predicted octanol–water partition coefficient (Wildman–Crippen LogP) is 4.21. The van der Waals surface area contributed by atoms with Crippen molar-refractivity contribution in [3.8, 4) is 6.07 Å². The molecular weight excluding hydrogens is 452 g/mol. The minimum Gasteiger partial charge on any atom is -0.324 e. The van der Waals surface area contributed by atoms with Gasteiger partial charge in [0.05, 0.1) is 29.0 Å². The molecule has 4 rings (SSSR count). The number of rotatable bonds is 5. The van der Waals surface area contributed by atoms with E-state index in [1.807, 2.05) is 17.0 Å². The van der Waals surface area contributed by atoms with Gasteiger partial charge < -0.3 is 15.1 Å². The molecule has 2 saturated heterocycles. The summed E-state index contributed by atoms with van der Waals surface area (Å²) in [6.45, 7) is 5.08.